The van der Waals surface area contributed by atoms with Crippen LogP contribution in [0.5, 0.6) is 0 Å². The first-order valence-corrected chi connectivity index (χ1v) is 16.3. The quantitative estimate of drug-likeness (QED) is 0.334. The highest BCUT2D eigenvalue weighted by molar-refractivity contribution is 6.87. The molecule has 0 aromatic carbocycles. The summed E-state index contributed by atoms with van der Waals surface area (Å²) in [6.07, 6.45) is 5.50. The monoisotopic (exact) mass is 304 g/mol. The highest BCUT2D eigenvalue weighted by Crippen LogP contribution is 2.26. The van der Waals surface area contributed by atoms with Gasteiger partial charge in [-0.1, -0.05) is 12.5 Å². The van der Waals surface area contributed by atoms with Crippen LogP contribution in [0.3, 0.4) is 0 Å². The smallest absolute Gasteiger partial charge is 0.314 e. The molecule has 0 aliphatic rings. The topological polar surface area (TPSA) is 18.5 Å². The van der Waals surface area contributed by atoms with E-state index in [1.54, 1.807) is 0 Å². The summed E-state index contributed by atoms with van der Waals surface area (Å²) in [5.41, 5.74) is 0. The molecule has 0 spiro atoms. The first-order chi connectivity index (χ1) is 7.97. The van der Waals surface area contributed by atoms with E-state index in [1.807, 2.05) is 6.08 Å². The van der Waals surface area contributed by atoms with Gasteiger partial charge in [0.25, 0.3) is 0 Å². The Morgan fingerprint density at radius 1 is 0.833 bits per heavy atom. The second-order valence-corrected chi connectivity index (χ2v) is 19.9. The molecule has 0 saturated heterocycles. The lowest BCUT2D eigenvalue weighted by atomic mass is 10.2. The largest absolute Gasteiger partial charge is 0.437 e. The number of rotatable bonds is 9. The van der Waals surface area contributed by atoms with Crippen molar-refractivity contribution >= 4 is 25.2 Å². The van der Waals surface area contributed by atoms with Crippen LogP contribution >= 0.6 is 0 Å². The molecule has 0 saturated carbocycles. The van der Waals surface area contributed by atoms with Crippen LogP contribution in [0.4, 0.5) is 0 Å². The van der Waals surface area contributed by atoms with Gasteiger partial charge in [0.15, 0.2) is 16.6 Å². The summed E-state index contributed by atoms with van der Waals surface area (Å²) in [6.45, 7) is 19.6. The fraction of sp³-hybridized carbons (Fsp3) is 0.846. The molecule has 0 aromatic rings. The lowest BCUT2D eigenvalue weighted by Crippen LogP contribution is -2.52. The molecule has 0 aliphatic heterocycles. The van der Waals surface area contributed by atoms with E-state index in [-0.39, 0.29) is 0 Å². The molecular formula is C13H32O2Si3. The number of allylic oxidation sites excluding steroid dienone is 1. The number of hydrogen-bond donors (Lipinski definition) is 0. The van der Waals surface area contributed by atoms with E-state index >= 15 is 0 Å². The Morgan fingerprint density at radius 3 is 1.61 bits per heavy atom. The Morgan fingerprint density at radius 2 is 1.28 bits per heavy atom. The van der Waals surface area contributed by atoms with Crippen LogP contribution < -0.4 is 0 Å². The molecule has 0 rings (SSSR count). The maximum Gasteiger partial charge on any atom is 0.314 e. The minimum Gasteiger partial charge on any atom is -0.437 e. The summed E-state index contributed by atoms with van der Waals surface area (Å²) in [5, 5.41) is 0. The summed E-state index contributed by atoms with van der Waals surface area (Å²) in [5.74, 6) is 0. The molecule has 0 aromatic heterocycles. The lowest BCUT2D eigenvalue weighted by Gasteiger charge is -2.38. The van der Waals surface area contributed by atoms with Crippen LogP contribution in [-0.2, 0) is 8.23 Å². The predicted molar refractivity (Wildman–Crippen MR) is 89.3 cm³/mol. The van der Waals surface area contributed by atoms with E-state index in [0.717, 1.165) is 12.5 Å². The van der Waals surface area contributed by atoms with Gasteiger partial charge in [0.2, 0.25) is 0 Å². The average Bonchev–Trinajstić information content (AvgIpc) is 2.05. The van der Waals surface area contributed by atoms with Crippen molar-refractivity contribution in [3.8, 4) is 0 Å². The van der Waals surface area contributed by atoms with Crippen LogP contribution in [-0.4, -0.2) is 25.2 Å². The van der Waals surface area contributed by atoms with Crippen molar-refractivity contribution < 1.29 is 8.23 Å². The lowest BCUT2D eigenvalue weighted by molar-refractivity contribution is 0.381. The van der Waals surface area contributed by atoms with Gasteiger partial charge in [-0.25, -0.2) is 0 Å². The molecule has 0 fully saturated rings. The van der Waals surface area contributed by atoms with Gasteiger partial charge >= 0.3 is 8.56 Å². The van der Waals surface area contributed by atoms with Crippen LogP contribution in [0.2, 0.25) is 51.9 Å². The van der Waals surface area contributed by atoms with E-state index in [2.05, 4.69) is 52.4 Å². The van der Waals surface area contributed by atoms with Crippen LogP contribution in [0.25, 0.3) is 0 Å². The molecule has 2 nitrogen and oxygen atoms in total. The summed E-state index contributed by atoms with van der Waals surface area (Å²) in [6, 6.07) is 1.12. The third-order valence-corrected chi connectivity index (χ3v) is 11.9. The first kappa shape index (κ1) is 18.3. The Labute approximate surface area is 117 Å². The van der Waals surface area contributed by atoms with Gasteiger partial charge in [0.1, 0.15) is 0 Å². The predicted octanol–water partition coefficient (Wildman–Crippen LogP) is 5.12. The zero-order valence-corrected chi connectivity index (χ0v) is 16.4. The minimum absolute atomic E-state index is 1.10. The van der Waals surface area contributed by atoms with Gasteiger partial charge < -0.3 is 8.23 Å². The van der Waals surface area contributed by atoms with E-state index in [0.29, 0.717) is 0 Å². The second-order valence-electron chi connectivity index (χ2n) is 7.10. The molecule has 0 amide bonds. The average molecular weight is 305 g/mol. The third kappa shape index (κ3) is 10.3. The molecule has 0 heterocycles. The summed E-state index contributed by atoms with van der Waals surface area (Å²) in [4.78, 5) is 0. The zero-order valence-electron chi connectivity index (χ0n) is 13.4. The van der Waals surface area contributed by atoms with Gasteiger partial charge in [0.05, 0.1) is 0 Å². The highest BCUT2D eigenvalue weighted by atomic mass is 28.5. The molecule has 0 radical (unpaired) electrons. The maximum atomic E-state index is 6.45. The first-order valence-electron chi connectivity index (χ1n) is 6.99. The fourth-order valence-corrected chi connectivity index (χ4v) is 14.8. The summed E-state index contributed by atoms with van der Waals surface area (Å²) < 4.78 is 12.9. The van der Waals surface area contributed by atoms with Gasteiger partial charge in [0, 0.05) is 0 Å². The van der Waals surface area contributed by atoms with Gasteiger partial charge in [-0.3, -0.25) is 0 Å². The highest BCUT2D eigenvalue weighted by Gasteiger charge is 2.39. The number of hydrogen-bond acceptors (Lipinski definition) is 2. The molecule has 0 bridgehead atoms. The Balaban J connectivity index is 4.54. The van der Waals surface area contributed by atoms with Crippen molar-refractivity contribution in [1.29, 1.82) is 0 Å². The van der Waals surface area contributed by atoms with E-state index in [9.17, 15) is 0 Å². The SMILES string of the molecule is C=CCCCC[Si](C)(O[Si](C)(C)C)O[Si](C)(C)C. The molecule has 0 unspecified atom stereocenters. The zero-order chi connectivity index (χ0) is 14.4. The summed E-state index contributed by atoms with van der Waals surface area (Å²) in [7, 11) is -5.03. The van der Waals surface area contributed by atoms with Crippen LogP contribution in [0.15, 0.2) is 12.7 Å². The fourth-order valence-electron chi connectivity index (χ4n) is 2.15. The molecule has 0 N–H and O–H groups in total. The van der Waals surface area contributed by atoms with E-state index in [4.69, 9.17) is 8.23 Å². The summed E-state index contributed by atoms with van der Waals surface area (Å²) >= 11 is 0. The van der Waals surface area contributed by atoms with Crippen molar-refractivity contribution in [1.82, 2.24) is 0 Å². The van der Waals surface area contributed by atoms with Crippen molar-refractivity contribution in [2.24, 2.45) is 0 Å². The van der Waals surface area contributed by atoms with Crippen molar-refractivity contribution in [3.63, 3.8) is 0 Å². The normalized spacial score (nSPS) is 13.7. The standard InChI is InChI=1S/C13H32O2Si3/c1-9-10-11-12-13-18(8,14-16(2,3)4)15-17(5,6)7/h9H,1,10-13H2,2-8H3. The van der Waals surface area contributed by atoms with Crippen molar-refractivity contribution in [2.75, 3.05) is 0 Å². The van der Waals surface area contributed by atoms with Crippen molar-refractivity contribution in [2.45, 2.75) is 71.1 Å². The van der Waals surface area contributed by atoms with Gasteiger partial charge in [-0.2, -0.15) is 0 Å². The molecule has 0 aliphatic carbocycles. The molecule has 108 valence electrons. The molecule has 5 heteroatoms. The van der Waals surface area contributed by atoms with E-state index in [1.165, 1.54) is 12.8 Å². The van der Waals surface area contributed by atoms with Crippen LogP contribution in [0, 0.1) is 0 Å². The van der Waals surface area contributed by atoms with Gasteiger partial charge in [-0.15, -0.1) is 6.58 Å². The van der Waals surface area contributed by atoms with Gasteiger partial charge in [-0.05, 0) is 64.7 Å². The molecule has 0 atom stereocenters. The Bertz CT molecular complexity index is 238. The molecule has 18 heavy (non-hydrogen) atoms. The minimum atomic E-state index is -1.98. The second kappa shape index (κ2) is 7.19. The Hall–Kier alpha value is 0.311. The Kier molecular flexibility index (Phi) is 7.31. The van der Waals surface area contributed by atoms with Crippen LogP contribution in [0.1, 0.15) is 19.3 Å². The maximum absolute atomic E-state index is 6.45. The molecular weight excluding hydrogens is 272 g/mol. The number of unbranched alkanes of at least 4 members (excludes halogenated alkanes) is 2. The third-order valence-electron chi connectivity index (χ3n) is 2.33. The van der Waals surface area contributed by atoms with Crippen molar-refractivity contribution in [3.05, 3.63) is 12.7 Å². The van der Waals surface area contributed by atoms with E-state index < -0.39 is 25.2 Å².